The lowest BCUT2D eigenvalue weighted by Crippen LogP contribution is -2.46. The Morgan fingerprint density at radius 3 is 2.37 bits per heavy atom. The van der Waals surface area contributed by atoms with Gasteiger partial charge in [0.15, 0.2) is 11.5 Å². The predicted octanol–water partition coefficient (Wildman–Crippen LogP) is 5.19. The monoisotopic (exact) mass is 486 g/mol. The van der Waals surface area contributed by atoms with Crippen LogP contribution in [-0.4, -0.2) is 59.4 Å². The molecule has 3 N–H and O–H groups in total. The Morgan fingerprint density at radius 1 is 0.857 bits per heavy atom. The Labute approximate surface area is 202 Å². The number of hydrogen-bond acceptors (Lipinski definition) is 6. The molecule has 1 fully saturated rings. The van der Waals surface area contributed by atoms with Crippen LogP contribution in [0.4, 0.5) is 24.7 Å². The molecule has 1 saturated heterocycles. The topological polar surface area (TPSA) is 71.9 Å². The second kappa shape index (κ2) is 10.9. The Morgan fingerprint density at radius 2 is 1.63 bits per heavy atom. The van der Waals surface area contributed by atoms with Crippen molar-refractivity contribution < 1.29 is 23.4 Å². The maximum absolute atomic E-state index is 13.0. The average molecular weight is 487 g/mol. The molecule has 186 valence electrons. The van der Waals surface area contributed by atoms with Gasteiger partial charge in [0.25, 0.3) is 0 Å². The van der Waals surface area contributed by atoms with E-state index < -0.39 is 11.7 Å². The first-order valence-electron chi connectivity index (χ1n) is 11.7. The normalized spacial score (nSPS) is 14.8. The molecule has 0 unspecified atom stereocenters. The number of pyridine rings is 1. The molecule has 0 saturated carbocycles. The van der Waals surface area contributed by atoms with Gasteiger partial charge >= 0.3 is 6.18 Å². The first-order valence-corrected chi connectivity index (χ1v) is 11.7. The summed E-state index contributed by atoms with van der Waals surface area (Å²) < 4.78 is 38.9. The van der Waals surface area contributed by atoms with Crippen LogP contribution in [-0.2, 0) is 6.18 Å². The van der Waals surface area contributed by atoms with Crippen molar-refractivity contribution in [3.8, 4) is 22.6 Å². The van der Waals surface area contributed by atoms with E-state index in [0.717, 1.165) is 62.0 Å². The van der Waals surface area contributed by atoms with Gasteiger partial charge in [0, 0.05) is 44.6 Å². The van der Waals surface area contributed by atoms with Crippen molar-refractivity contribution in [3.05, 3.63) is 66.4 Å². The molecule has 1 aliphatic heterocycles. The maximum Gasteiger partial charge on any atom is 0.416 e. The third kappa shape index (κ3) is 6.57. The summed E-state index contributed by atoms with van der Waals surface area (Å²) in [5.74, 6) is 0.424. The van der Waals surface area contributed by atoms with Crippen molar-refractivity contribution in [2.24, 2.45) is 0 Å². The van der Waals surface area contributed by atoms with E-state index in [1.165, 1.54) is 24.3 Å². The van der Waals surface area contributed by atoms with E-state index in [-0.39, 0.29) is 11.5 Å². The third-order valence-corrected chi connectivity index (χ3v) is 6.19. The van der Waals surface area contributed by atoms with Crippen molar-refractivity contribution in [2.75, 3.05) is 49.5 Å². The van der Waals surface area contributed by atoms with Crippen LogP contribution in [0.25, 0.3) is 11.1 Å². The van der Waals surface area contributed by atoms with Crippen LogP contribution in [0.2, 0.25) is 0 Å². The smallest absolute Gasteiger partial charge is 0.416 e. The van der Waals surface area contributed by atoms with Crippen LogP contribution in [0.5, 0.6) is 11.5 Å². The molecule has 0 spiro atoms. The zero-order valence-electron chi connectivity index (χ0n) is 19.3. The largest absolute Gasteiger partial charge is 0.504 e. The number of halogens is 3. The van der Waals surface area contributed by atoms with Crippen LogP contribution < -0.4 is 10.2 Å². The zero-order chi connectivity index (χ0) is 24.8. The number of phenolic OH excluding ortho intramolecular Hbond substituents is 2. The highest BCUT2D eigenvalue weighted by molar-refractivity contribution is 5.69. The summed E-state index contributed by atoms with van der Waals surface area (Å²) in [6.45, 7) is 4.78. The molecule has 1 aliphatic rings. The lowest BCUT2D eigenvalue weighted by atomic mass is 10.1. The SMILES string of the molecule is Oc1ccc(-c2ccnc(NCCCCN3CCN(c4cccc(C(F)(F)F)c4)CC3)c2)cc1O. The predicted molar refractivity (Wildman–Crippen MR) is 131 cm³/mol. The van der Waals surface area contributed by atoms with E-state index in [2.05, 4.69) is 15.2 Å². The summed E-state index contributed by atoms with van der Waals surface area (Å²) in [5, 5.41) is 22.5. The summed E-state index contributed by atoms with van der Waals surface area (Å²) in [5.41, 5.74) is 1.69. The van der Waals surface area contributed by atoms with E-state index in [4.69, 9.17) is 0 Å². The molecule has 0 atom stereocenters. The molecule has 3 aromatic rings. The number of nitrogens with zero attached hydrogens (tertiary/aromatic N) is 3. The lowest BCUT2D eigenvalue weighted by Gasteiger charge is -2.36. The zero-order valence-corrected chi connectivity index (χ0v) is 19.3. The van der Waals surface area contributed by atoms with Crippen LogP contribution in [0.1, 0.15) is 18.4 Å². The third-order valence-electron chi connectivity index (χ3n) is 6.19. The number of nitrogens with one attached hydrogen (secondary N) is 1. The number of aromatic hydroxyl groups is 2. The van der Waals surface area contributed by atoms with E-state index in [9.17, 15) is 23.4 Å². The first-order chi connectivity index (χ1) is 16.8. The molecule has 0 radical (unpaired) electrons. The van der Waals surface area contributed by atoms with E-state index in [1.807, 2.05) is 17.0 Å². The quantitative estimate of drug-likeness (QED) is 0.301. The molecule has 4 rings (SSSR count). The van der Waals surface area contributed by atoms with Crippen molar-refractivity contribution in [1.82, 2.24) is 9.88 Å². The minimum absolute atomic E-state index is 0.154. The van der Waals surface area contributed by atoms with Crippen molar-refractivity contribution >= 4 is 11.5 Å². The van der Waals surface area contributed by atoms with Gasteiger partial charge in [-0.1, -0.05) is 12.1 Å². The van der Waals surface area contributed by atoms with Crippen molar-refractivity contribution in [3.63, 3.8) is 0 Å². The number of phenols is 2. The summed E-state index contributed by atoms with van der Waals surface area (Å²) in [6.07, 6.45) is -0.662. The van der Waals surface area contributed by atoms with Gasteiger partial charge in [-0.3, -0.25) is 4.90 Å². The summed E-state index contributed by atoms with van der Waals surface area (Å²) >= 11 is 0. The van der Waals surface area contributed by atoms with Crippen LogP contribution in [0.15, 0.2) is 60.8 Å². The molecular weight excluding hydrogens is 457 g/mol. The van der Waals surface area contributed by atoms with E-state index in [1.54, 1.807) is 18.3 Å². The fraction of sp³-hybridized carbons (Fsp3) is 0.346. The molecule has 0 bridgehead atoms. The summed E-state index contributed by atoms with van der Waals surface area (Å²) in [4.78, 5) is 8.70. The summed E-state index contributed by atoms with van der Waals surface area (Å²) in [7, 11) is 0. The minimum atomic E-state index is -4.32. The summed E-state index contributed by atoms with van der Waals surface area (Å²) in [6, 6.07) is 14.0. The fourth-order valence-corrected chi connectivity index (χ4v) is 4.20. The molecule has 2 heterocycles. The highest BCUT2D eigenvalue weighted by Gasteiger charge is 2.31. The van der Waals surface area contributed by atoms with Gasteiger partial charge in [-0.2, -0.15) is 13.2 Å². The van der Waals surface area contributed by atoms with Gasteiger partial charge < -0.3 is 20.4 Å². The second-order valence-electron chi connectivity index (χ2n) is 8.64. The fourth-order valence-electron chi connectivity index (χ4n) is 4.20. The number of aromatic nitrogens is 1. The standard InChI is InChI=1S/C26H29F3N4O2/c27-26(28,29)21-4-3-5-22(18-21)33-14-12-32(13-15-33)11-2-1-9-30-25-17-20(8-10-31-25)19-6-7-23(34)24(35)16-19/h3-8,10,16-18,34-35H,1-2,9,11-15H2,(H,30,31). The molecular formula is C26H29F3N4O2. The highest BCUT2D eigenvalue weighted by Crippen LogP contribution is 2.32. The molecule has 2 aromatic carbocycles. The van der Waals surface area contributed by atoms with Gasteiger partial charge in [-0.25, -0.2) is 4.98 Å². The molecule has 9 heteroatoms. The van der Waals surface area contributed by atoms with Crippen molar-refractivity contribution in [1.29, 1.82) is 0 Å². The van der Waals surface area contributed by atoms with Crippen LogP contribution >= 0.6 is 0 Å². The number of alkyl halides is 3. The highest BCUT2D eigenvalue weighted by atomic mass is 19.4. The number of rotatable bonds is 8. The Kier molecular flexibility index (Phi) is 7.65. The van der Waals surface area contributed by atoms with E-state index >= 15 is 0 Å². The number of benzene rings is 2. The number of hydrogen-bond donors (Lipinski definition) is 3. The molecule has 6 nitrogen and oxygen atoms in total. The van der Waals surface area contributed by atoms with Gasteiger partial charge in [0.2, 0.25) is 0 Å². The molecule has 0 amide bonds. The van der Waals surface area contributed by atoms with E-state index in [0.29, 0.717) is 18.8 Å². The van der Waals surface area contributed by atoms with Gasteiger partial charge in [0.1, 0.15) is 5.82 Å². The van der Waals surface area contributed by atoms with Crippen LogP contribution in [0, 0.1) is 0 Å². The van der Waals surface area contributed by atoms with Crippen molar-refractivity contribution in [2.45, 2.75) is 19.0 Å². The molecule has 35 heavy (non-hydrogen) atoms. The average Bonchev–Trinajstić information content (AvgIpc) is 2.86. The first kappa shape index (κ1) is 24.7. The Balaban J connectivity index is 1.18. The number of anilines is 2. The van der Waals surface area contributed by atoms with Gasteiger partial charge in [-0.15, -0.1) is 0 Å². The minimum Gasteiger partial charge on any atom is -0.504 e. The van der Waals surface area contributed by atoms with Gasteiger partial charge in [-0.05, 0) is 73.0 Å². The Bertz CT molecular complexity index is 1130. The van der Waals surface area contributed by atoms with Gasteiger partial charge in [0.05, 0.1) is 5.56 Å². The second-order valence-corrected chi connectivity index (χ2v) is 8.64. The number of piperazine rings is 1. The number of unbranched alkanes of at least 4 members (excludes halogenated alkanes) is 1. The lowest BCUT2D eigenvalue weighted by molar-refractivity contribution is -0.137. The Hall–Kier alpha value is -3.46. The molecule has 1 aromatic heterocycles. The van der Waals surface area contributed by atoms with Crippen LogP contribution in [0.3, 0.4) is 0 Å². The maximum atomic E-state index is 13.0. The molecule has 0 aliphatic carbocycles.